The van der Waals surface area contributed by atoms with E-state index in [1.165, 1.54) is 11.1 Å². The van der Waals surface area contributed by atoms with Gasteiger partial charge >= 0.3 is 0 Å². The normalized spacial score (nSPS) is 12.2. The number of methoxy groups -OCH3 is 1. The monoisotopic (exact) mass is 275 g/mol. The maximum absolute atomic E-state index is 5.87. The van der Waals surface area contributed by atoms with Crippen molar-refractivity contribution in [2.75, 3.05) is 7.11 Å². The van der Waals surface area contributed by atoms with Crippen molar-refractivity contribution in [1.82, 2.24) is 5.32 Å². The van der Waals surface area contributed by atoms with E-state index in [-0.39, 0.29) is 0 Å². The molecule has 2 rings (SSSR count). The van der Waals surface area contributed by atoms with Crippen LogP contribution in [0.15, 0.2) is 48.5 Å². The Kier molecular flexibility index (Phi) is 4.83. The Balaban J connectivity index is 1.93. The number of rotatable bonds is 5. The van der Waals surface area contributed by atoms with Crippen molar-refractivity contribution < 1.29 is 4.74 Å². The minimum atomic E-state index is 0.293. The molecule has 0 fully saturated rings. The first-order valence-electron chi connectivity index (χ1n) is 6.31. The summed E-state index contributed by atoms with van der Waals surface area (Å²) in [7, 11) is 1.68. The van der Waals surface area contributed by atoms with Gasteiger partial charge in [-0.3, -0.25) is 0 Å². The average Bonchev–Trinajstić information content (AvgIpc) is 2.46. The highest BCUT2D eigenvalue weighted by molar-refractivity contribution is 6.30. The van der Waals surface area contributed by atoms with E-state index in [9.17, 15) is 0 Å². The van der Waals surface area contributed by atoms with Crippen molar-refractivity contribution >= 4 is 11.6 Å². The van der Waals surface area contributed by atoms with Crippen LogP contribution in [0.4, 0.5) is 0 Å². The molecular formula is C16H18ClNO. The van der Waals surface area contributed by atoms with Crippen LogP contribution in [0, 0.1) is 0 Å². The molecule has 0 aliphatic carbocycles. The smallest absolute Gasteiger partial charge is 0.118 e. The molecule has 0 aliphatic heterocycles. The van der Waals surface area contributed by atoms with Gasteiger partial charge in [-0.05, 0) is 42.3 Å². The van der Waals surface area contributed by atoms with Crippen LogP contribution in [-0.4, -0.2) is 7.11 Å². The van der Waals surface area contributed by atoms with Gasteiger partial charge in [0.05, 0.1) is 7.11 Å². The third-order valence-corrected chi connectivity index (χ3v) is 3.39. The van der Waals surface area contributed by atoms with Gasteiger partial charge < -0.3 is 10.1 Å². The largest absolute Gasteiger partial charge is 0.497 e. The van der Waals surface area contributed by atoms with Gasteiger partial charge in [-0.25, -0.2) is 0 Å². The van der Waals surface area contributed by atoms with Crippen LogP contribution in [0.3, 0.4) is 0 Å². The molecule has 0 aliphatic rings. The van der Waals surface area contributed by atoms with E-state index < -0.39 is 0 Å². The number of ether oxygens (including phenoxy) is 1. The first-order chi connectivity index (χ1) is 9.19. The number of halogens is 1. The molecule has 0 amide bonds. The fourth-order valence-electron chi connectivity index (χ4n) is 1.88. The van der Waals surface area contributed by atoms with Crippen LogP contribution in [0.5, 0.6) is 5.75 Å². The lowest BCUT2D eigenvalue weighted by Crippen LogP contribution is -2.17. The standard InChI is InChI=1S/C16H18ClNO/c1-12(14-5-9-16(19-2)10-6-14)18-11-13-3-7-15(17)8-4-13/h3-10,12,18H,11H2,1-2H3/t12-/m0/s1. The highest BCUT2D eigenvalue weighted by Gasteiger charge is 2.04. The summed E-state index contributed by atoms with van der Waals surface area (Å²) < 4.78 is 5.16. The van der Waals surface area contributed by atoms with Crippen molar-refractivity contribution in [2.45, 2.75) is 19.5 Å². The first-order valence-corrected chi connectivity index (χ1v) is 6.68. The van der Waals surface area contributed by atoms with Crippen LogP contribution >= 0.6 is 11.6 Å². The molecule has 3 heteroatoms. The quantitative estimate of drug-likeness (QED) is 0.883. The zero-order valence-corrected chi connectivity index (χ0v) is 11.9. The summed E-state index contributed by atoms with van der Waals surface area (Å²) in [4.78, 5) is 0. The first kappa shape index (κ1) is 13.9. The molecule has 100 valence electrons. The van der Waals surface area contributed by atoms with Crippen molar-refractivity contribution in [3.05, 3.63) is 64.7 Å². The highest BCUT2D eigenvalue weighted by atomic mass is 35.5. The fraction of sp³-hybridized carbons (Fsp3) is 0.250. The summed E-state index contributed by atoms with van der Waals surface area (Å²) in [5.74, 6) is 0.883. The van der Waals surface area contributed by atoms with Crippen molar-refractivity contribution in [3.8, 4) is 5.75 Å². The zero-order chi connectivity index (χ0) is 13.7. The third-order valence-electron chi connectivity index (χ3n) is 3.14. The summed E-state index contributed by atoms with van der Waals surface area (Å²) in [6.45, 7) is 2.97. The third kappa shape index (κ3) is 3.98. The van der Waals surface area contributed by atoms with Gasteiger partial charge in [0.2, 0.25) is 0 Å². The molecule has 0 unspecified atom stereocenters. The molecule has 0 bridgehead atoms. The summed E-state index contributed by atoms with van der Waals surface area (Å²) in [6.07, 6.45) is 0. The molecule has 2 nitrogen and oxygen atoms in total. The summed E-state index contributed by atoms with van der Waals surface area (Å²) in [6, 6.07) is 16.3. The van der Waals surface area contributed by atoms with Gasteiger partial charge in [0.15, 0.2) is 0 Å². The lowest BCUT2D eigenvalue weighted by molar-refractivity contribution is 0.414. The second kappa shape index (κ2) is 6.60. The van der Waals surface area contributed by atoms with Gasteiger partial charge in [0.1, 0.15) is 5.75 Å². The van der Waals surface area contributed by atoms with E-state index in [4.69, 9.17) is 16.3 Å². The number of nitrogens with one attached hydrogen (secondary N) is 1. The molecule has 1 N–H and O–H groups in total. The Morgan fingerprint density at radius 1 is 1.05 bits per heavy atom. The Morgan fingerprint density at radius 2 is 1.68 bits per heavy atom. The SMILES string of the molecule is COc1ccc([C@H](C)NCc2ccc(Cl)cc2)cc1. The van der Waals surface area contributed by atoms with Crippen LogP contribution in [0.1, 0.15) is 24.1 Å². The molecule has 2 aromatic carbocycles. The second-order valence-electron chi connectivity index (χ2n) is 4.50. The molecule has 19 heavy (non-hydrogen) atoms. The molecular weight excluding hydrogens is 258 g/mol. The predicted octanol–water partition coefficient (Wildman–Crippen LogP) is 4.20. The predicted molar refractivity (Wildman–Crippen MR) is 79.7 cm³/mol. The number of hydrogen-bond acceptors (Lipinski definition) is 2. The van der Waals surface area contributed by atoms with Crippen molar-refractivity contribution in [3.63, 3.8) is 0 Å². The van der Waals surface area contributed by atoms with Crippen LogP contribution in [-0.2, 0) is 6.54 Å². The zero-order valence-electron chi connectivity index (χ0n) is 11.2. The molecule has 0 radical (unpaired) electrons. The van der Waals surface area contributed by atoms with E-state index in [0.29, 0.717) is 6.04 Å². The molecule has 0 saturated carbocycles. The van der Waals surface area contributed by atoms with Crippen LogP contribution in [0.25, 0.3) is 0 Å². The molecule has 2 aromatic rings. The summed E-state index contributed by atoms with van der Waals surface area (Å²) >= 11 is 5.87. The van der Waals surface area contributed by atoms with Gasteiger partial charge in [-0.15, -0.1) is 0 Å². The minimum absolute atomic E-state index is 0.293. The summed E-state index contributed by atoms with van der Waals surface area (Å²) in [5, 5.41) is 4.26. The molecule has 0 aromatic heterocycles. The van der Waals surface area contributed by atoms with Crippen molar-refractivity contribution in [2.24, 2.45) is 0 Å². The van der Waals surface area contributed by atoms with E-state index in [0.717, 1.165) is 17.3 Å². The van der Waals surface area contributed by atoms with E-state index in [1.54, 1.807) is 7.11 Å². The number of hydrogen-bond donors (Lipinski definition) is 1. The Bertz CT molecular complexity index is 507. The highest BCUT2D eigenvalue weighted by Crippen LogP contribution is 2.18. The van der Waals surface area contributed by atoms with E-state index in [2.05, 4.69) is 24.4 Å². The summed E-state index contributed by atoms with van der Waals surface area (Å²) in [5.41, 5.74) is 2.47. The minimum Gasteiger partial charge on any atom is -0.497 e. The van der Waals surface area contributed by atoms with Crippen LogP contribution in [0.2, 0.25) is 5.02 Å². The maximum atomic E-state index is 5.87. The van der Waals surface area contributed by atoms with Crippen molar-refractivity contribution in [1.29, 1.82) is 0 Å². The molecule has 0 heterocycles. The fourth-order valence-corrected chi connectivity index (χ4v) is 2.01. The molecule has 1 atom stereocenters. The van der Waals surface area contributed by atoms with E-state index in [1.807, 2.05) is 36.4 Å². The van der Waals surface area contributed by atoms with Gasteiger partial charge in [0.25, 0.3) is 0 Å². The topological polar surface area (TPSA) is 21.3 Å². The Labute approximate surface area is 119 Å². The van der Waals surface area contributed by atoms with Gasteiger partial charge in [-0.2, -0.15) is 0 Å². The lowest BCUT2D eigenvalue weighted by atomic mass is 10.1. The second-order valence-corrected chi connectivity index (χ2v) is 4.94. The lowest BCUT2D eigenvalue weighted by Gasteiger charge is -2.14. The number of benzene rings is 2. The Hall–Kier alpha value is -1.51. The van der Waals surface area contributed by atoms with E-state index >= 15 is 0 Å². The van der Waals surface area contributed by atoms with Gasteiger partial charge in [-0.1, -0.05) is 35.9 Å². The Morgan fingerprint density at radius 3 is 2.26 bits per heavy atom. The maximum Gasteiger partial charge on any atom is 0.118 e. The van der Waals surface area contributed by atoms with Crippen LogP contribution < -0.4 is 10.1 Å². The van der Waals surface area contributed by atoms with Gasteiger partial charge in [0, 0.05) is 17.6 Å². The molecule has 0 spiro atoms. The average molecular weight is 276 g/mol. The molecule has 0 saturated heterocycles.